The topological polar surface area (TPSA) is 75.2 Å². The number of unbranched alkanes of at least 4 members (excludes halogenated alkanes) is 1. The Balaban J connectivity index is 0.000000518. The minimum Gasteiger partial charge on any atom is -0.461 e. The van der Waals surface area contributed by atoms with Crippen molar-refractivity contribution in [1.29, 1.82) is 0 Å². The number of halogens is 1. The van der Waals surface area contributed by atoms with E-state index in [2.05, 4.69) is 70.8 Å². The third kappa shape index (κ3) is 11.3. The number of para-hydroxylation sites is 1. The first-order valence-corrected chi connectivity index (χ1v) is 13.9. The van der Waals surface area contributed by atoms with Crippen LogP contribution in [-0.2, 0) is 0 Å². The maximum atomic E-state index is 7.00. The predicted octanol–water partition coefficient (Wildman–Crippen LogP) is 7.58. The van der Waals surface area contributed by atoms with Gasteiger partial charge in [0, 0.05) is 12.5 Å². The Kier molecular flexibility index (Phi) is 16.7. The minimum atomic E-state index is -0.0317. The molecule has 2 aromatic heterocycles. The van der Waals surface area contributed by atoms with Gasteiger partial charge in [-0.25, -0.2) is 4.68 Å². The largest absolute Gasteiger partial charge is 0.461 e. The number of nitrogens with zero attached hydrogens (tertiary/aromatic N) is 2. The second-order valence-electron chi connectivity index (χ2n) is 8.81. The minimum absolute atomic E-state index is 0.0317. The fourth-order valence-corrected chi connectivity index (χ4v) is 4.17. The van der Waals surface area contributed by atoms with Crippen molar-refractivity contribution in [3.8, 4) is 0 Å². The molecule has 1 aromatic carbocycles. The second kappa shape index (κ2) is 19.1. The molecular weight excluding hydrogens is 552 g/mol. The van der Waals surface area contributed by atoms with Crippen LogP contribution in [0, 0.1) is 13.8 Å². The van der Waals surface area contributed by atoms with E-state index in [9.17, 15) is 0 Å². The van der Waals surface area contributed by atoms with Crippen LogP contribution in [0.5, 0.6) is 0 Å². The lowest BCUT2D eigenvalue weighted by Gasteiger charge is -2.18. The van der Waals surface area contributed by atoms with Gasteiger partial charge in [0.2, 0.25) is 0 Å². The molecule has 0 saturated carbocycles. The molecule has 0 radical (unpaired) electrons. The highest BCUT2D eigenvalue weighted by Gasteiger charge is 2.12. The lowest BCUT2D eigenvalue weighted by molar-refractivity contribution is 0.399. The van der Waals surface area contributed by atoms with Gasteiger partial charge in [0.1, 0.15) is 17.5 Å². The first-order valence-electron chi connectivity index (χ1n) is 13.1. The monoisotopic (exact) mass is 596 g/mol. The molecule has 1 unspecified atom stereocenters. The Morgan fingerprint density at radius 2 is 1.87 bits per heavy atom. The molecule has 0 spiro atoms. The second-order valence-corrected chi connectivity index (χ2v) is 9.67. The average Bonchev–Trinajstić information content (AvgIpc) is 3.48. The number of benzene rings is 1. The summed E-state index contributed by atoms with van der Waals surface area (Å²) >= 11 is 3.55. The first kappa shape index (κ1) is 34.1. The smallest absolute Gasteiger partial charge is 0.134 e. The van der Waals surface area contributed by atoms with Gasteiger partial charge in [-0.2, -0.15) is 5.10 Å². The summed E-state index contributed by atoms with van der Waals surface area (Å²) in [5.41, 5.74) is 5.20. The van der Waals surface area contributed by atoms with Crippen LogP contribution in [0.3, 0.4) is 0 Å². The van der Waals surface area contributed by atoms with E-state index >= 15 is 0 Å². The predicted molar refractivity (Wildman–Crippen MR) is 170 cm³/mol. The van der Waals surface area contributed by atoms with Gasteiger partial charge >= 0.3 is 0 Å². The van der Waals surface area contributed by atoms with Gasteiger partial charge in [-0.05, 0) is 112 Å². The van der Waals surface area contributed by atoms with Gasteiger partial charge < -0.3 is 14.8 Å². The number of aliphatic hydroxyl groups is 1. The van der Waals surface area contributed by atoms with E-state index in [1.807, 2.05) is 80.3 Å². The number of rotatable bonds is 12. The highest BCUT2D eigenvalue weighted by Crippen LogP contribution is 2.21. The summed E-state index contributed by atoms with van der Waals surface area (Å²) in [7, 11) is 2.98. The summed E-state index contributed by atoms with van der Waals surface area (Å²) in [5.74, 6) is 0.973. The third-order valence-corrected chi connectivity index (χ3v) is 6.65. The fourth-order valence-electron chi connectivity index (χ4n) is 3.89. The molecule has 3 N–H and O–H groups in total. The number of aliphatic hydroxyl groups excluding tert-OH is 1. The molecule has 0 aliphatic rings. The van der Waals surface area contributed by atoms with Crippen molar-refractivity contribution in [2.24, 2.45) is 0 Å². The molecule has 39 heavy (non-hydrogen) atoms. The van der Waals surface area contributed by atoms with E-state index in [4.69, 9.17) is 9.52 Å². The van der Waals surface area contributed by atoms with Crippen LogP contribution in [-0.4, -0.2) is 42.1 Å². The van der Waals surface area contributed by atoms with Gasteiger partial charge in [-0.1, -0.05) is 55.7 Å². The van der Waals surface area contributed by atoms with Gasteiger partial charge in [0.25, 0.3) is 0 Å². The molecular formula is C32H45BrN4O2. The quantitative estimate of drug-likeness (QED) is 0.148. The SMILES string of the molecule is C=C/C(C(=C)C=CC(NCCCCNC)n1ncc(Br)c1C)=C(C)\C=C/C.CO.Cc1cc2ccccc2o1. The molecule has 0 bridgehead atoms. The van der Waals surface area contributed by atoms with E-state index in [0.717, 1.165) is 71.3 Å². The summed E-state index contributed by atoms with van der Waals surface area (Å²) < 4.78 is 8.36. The van der Waals surface area contributed by atoms with Crippen LogP contribution < -0.4 is 10.6 Å². The molecule has 0 aliphatic heterocycles. The summed E-state index contributed by atoms with van der Waals surface area (Å²) in [5, 5.41) is 19.5. The summed E-state index contributed by atoms with van der Waals surface area (Å²) in [6.07, 6.45) is 14.2. The number of aryl methyl sites for hydroxylation is 1. The van der Waals surface area contributed by atoms with Crippen molar-refractivity contribution in [2.75, 3.05) is 27.2 Å². The van der Waals surface area contributed by atoms with Crippen LogP contribution in [0.15, 0.2) is 106 Å². The van der Waals surface area contributed by atoms with Crippen molar-refractivity contribution in [3.63, 3.8) is 0 Å². The molecule has 0 amide bonds. The first-order chi connectivity index (χ1) is 18.8. The zero-order valence-corrected chi connectivity index (χ0v) is 25.9. The standard InChI is InChI=1S/C22H33BrN4.C9H8O.CH4O/c1-7-11-17(3)20(8-2)18(4)12-13-22(25-15-10-9-14-24-6)27-19(5)21(23)16-26-27;1-7-6-8-4-2-3-5-9(8)10-7;1-2/h7-8,11-13,16,22,24-25H,2,4,9-10,14-15H2,1,3,5-6H3;2-6H,1H3;2H,1H3/b11-7-,13-12?,20-17+;;. The van der Waals surface area contributed by atoms with E-state index in [0.29, 0.717) is 0 Å². The maximum absolute atomic E-state index is 7.00. The van der Waals surface area contributed by atoms with Crippen LogP contribution in [0.1, 0.15) is 44.3 Å². The zero-order valence-electron chi connectivity index (χ0n) is 24.3. The lowest BCUT2D eigenvalue weighted by Crippen LogP contribution is -2.28. The summed E-state index contributed by atoms with van der Waals surface area (Å²) in [6.45, 7) is 18.2. The van der Waals surface area contributed by atoms with E-state index in [-0.39, 0.29) is 6.17 Å². The van der Waals surface area contributed by atoms with Crippen LogP contribution in [0.25, 0.3) is 11.0 Å². The molecule has 3 aromatic rings. The van der Waals surface area contributed by atoms with Crippen LogP contribution in [0.2, 0.25) is 0 Å². The van der Waals surface area contributed by atoms with E-state index < -0.39 is 0 Å². The molecule has 0 fully saturated rings. The van der Waals surface area contributed by atoms with Crippen LogP contribution >= 0.6 is 15.9 Å². The Labute approximate surface area is 243 Å². The van der Waals surface area contributed by atoms with Gasteiger partial charge in [-0.3, -0.25) is 5.32 Å². The number of hydrogen-bond donors (Lipinski definition) is 3. The highest BCUT2D eigenvalue weighted by atomic mass is 79.9. The van der Waals surface area contributed by atoms with Crippen molar-refractivity contribution in [3.05, 3.63) is 113 Å². The molecule has 2 heterocycles. The summed E-state index contributed by atoms with van der Waals surface area (Å²) in [4.78, 5) is 0. The molecule has 6 nitrogen and oxygen atoms in total. The number of aromatic nitrogens is 2. The van der Waals surface area contributed by atoms with Gasteiger partial charge in [0.05, 0.1) is 16.4 Å². The summed E-state index contributed by atoms with van der Waals surface area (Å²) in [6, 6.07) is 10.0. The molecule has 0 saturated heterocycles. The Morgan fingerprint density at radius 3 is 2.46 bits per heavy atom. The van der Waals surface area contributed by atoms with Crippen molar-refractivity contribution in [2.45, 2.75) is 46.7 Å². The van der Waals surface area contributed by atoms with Crippen molar-refractivity contribution in [1.82, 2.24) is 20.4 Å². The third-order valence-electron chi connectivity index (χ3n) is 5.88. The van der Waals surface area contributed by atoms with Gasteiger partial charge in [-0.15, -0.1) is 0 Å². The maximum Gasteiger partial charge on any atom is 0.134 e. The molecule has 3 rings (SSSR count). The molecule has 7 heteroatoms. The number of fused-ring (bicyclic) bond motifs is 1. The number of allylic oxidation sites excluding steroid dienone is 7. The number of hydrogen-bond acceptors (Lipinski definition) is 5. The Hall–Kier alpha value is -2.97. The number of nitrogens with one attached hydrogen (secondary N) is 2. The van der Waals surface area contributed by atoms with E-state index in [1.165, 1.54) is 5.39 Å². The van der Waals surface area contributed by atoms with Crippen molar-refractivity contribution >= 4 is 26.9 Å². The van der Waals surface area contributed by atoms with E-state index in [1.54, 1.807) is 0 Å². The fraction of sp³-hybridized carbons (Fsp3) is 0.344. The highest BCUT2D eigenvalue weighted by molar-refractivity contribution is 9.10. The molecule has 0 aliphatic carbocycles. The van der Waals surface area contributed by atoms with Crippen molar-refractivity contribution < 1.29 is 9.52 Å². The zero-order chi connectivity index (χ0) is 29.2. The van der Waals surface area contributed by atoms with Gasteiger partial charge in [0.15, 0.2) is 0 Å². The Bertz CT molecular complexity index is 1220. The molecule has 1 atom stereocenters. The Morgan fingerprint density at radius 1 is 1.18 bits per heavy atom. The molecule has 212 valence electrons. The average molecular weight is 598 g/mol. The lowest BCUT2D eigenvalue weighted by atomic mass is 10.0. The normalized spacial score (nSPS) is 12.5. The number of furan rings is 1. The van der Waals surface area contributed by atoms with Crippen LogP contribution in [0.4, 0.5) is 0 Å².